The Morgan fingerprint density at radius 2 is 1.29 bits per heavy atom. The van der Waals surface area contributed by atoms with Crippen LogP contribution in [0.3, 0.4) is 0 Å². The summed E-state index contributed by atoms with van der Waals surface area (Å²) in [5.41, 5.74) is 4.96. The zero-order valence-electron chi connectivity index (χ0n) is 11.6. The van der Waals surface area contributed by atoms with Gasteiger partial charge in [0.2, 0.25) is 0 Å². The van der Waals surface area contributed by atoms with Gasteiger partial charge in [-0.25, -0.2) is 0 Å². The molecule has 0 radical (unpaired) electrons. The van der Waals surface area contributed by atoms with Crippen LogP contribution in [0.25, 0.3) is 11.1 Å². The summed E-state index contributed by atoms with van der Waals surface area (Å²) in [6, 6.07) is 27.6. The first-order chi connectivity index (χ1) is 10.3. The zero-order valence-corrected chi connectivity index (χ0v) is 13.7. The first-order valence-corrected chi connectivity index (χ1v) is 8.03. The highest BCUT2D eigenvalue weighted by atomic mass is 127. The molecule has 0 fully saturated rings. The van der Waals surface area contributed by atoms with Crippen molar-refractivity contribution in [1.82, 2.24) is 0 Å². The Morgan fingerprint density at radius 3 is 1.95 bits per heavy atom. The lowest BCUT2D eigenvalue weighted by Gasteiger charge is -2.08. The zero-order chi connectivity index (χ0) is 14.5. The van der Waals surface area contributed by atoms with Crippen LogP contribution in [0.1, 0.15) is 5.56 Å². The van der Waals surface area contributed by atoms with Gasteiger partial charge in [0, 0.05) is 15.8 Å². The number of benzene rings is 3. The highest BCUT2D eigenvalue weighted by Gasteiger charge is 1.98. The first kappa shape index (κ1) is 14.1. The van der Waals surface area contributed by atoms with Crippen LogP contribution < -0.4 is 5.32 Å². The summed E-state index contributed by atoms with van der Waals surface area (Å²) in [5, 5.41) is 3.44. The van der Waals surface area contributed by atoms with E-state index >= 15 is 0 Å². The molecule has 0 aliphatic heterocycles. The number of halogens is 1. The van der Waals surface area contributed by atoms with E-state index in [9.17, 15) is 0 Å². The van der Waals surface area contributed by atoms with Crippen molar-refractivity contribution in [3.63, 3.8) is 0 Å². The van der Waals surface area contributed by atoms with Gasteiger partial charge in [-0.05, 0) is 63.5 Å². The Kier molecular flexibility index (Phi) is 4.55. The lowest BCUT2D eigenvalue weighted by atomic mass is 10.0. The SMILES string of the molecule is Ic1ccc(NCc2ccc(-c3ccccc3)cc2)cc1. The van der Waals surface area contributed by atoms with Crippen molar-refractivity contribution in [2.75, 3.05) is 5.32 Å². The monoisotopic (exact) mass is 385 g/mol. The number of rotatable bonds is 4. The van der Waals surface area contributed by atoms with Crippen molar-refractivity contribution >= 4 is 28.3 Å². The maximum atomic E-state index is 3.44. The van der Waals surface area contributed by atoms with Gasteiger partial charge < -0.3 is 5.32 Å². The number of anilines is 1. The van der Waals surface area contributed by atoms with Crippen LogP contribution in [-0.2, 0) is 6.54 Å². The minimum Gasteiger partial charge on any atom is -0.381 e. The molecule has 0 bridgehead atoms. The number of hydrogen-bond acceptors (Lipinski definition) is 1. The molecule has 0 spiro atoms. The molecule has 0 amide bonds. The summed E-state index contributed by atoms with van der Waals surface area (Å²) in [6.07, 6.45) is 0. The van der Waals surface area contributed by atoms with Crippen LogP contribution in [-0.4, -0.2) is 0 Å². The third-order valence-corrected chi connectivity index (χ3v) is 4.12. The van der Waals surface area contributed by atoms with E-state index in [1.807, 2.05) is 6.07 Å². The van der Waals surface area contributed by atoms with Gasteiger partial charge in [0.05, 0.1) is 0 Å². The quantitative estimate of drug-likeness (QED) is 0.579. The van der Waals surface area contributed by atoms with Crippen molar-refractivity contribution in [2.45, 2.75) is 6.54 Å². The fourth-order valence-electron chi connectivity index (χ4n) is 2.22. The smallest absolute Gasteiger partial charge is 0.0400 e. The maximum Gasteiger partial charge on any atom is 0.0400 e. The van der Waals surface area contributed by atoms with E-state index in [0.29, 0.717) is 0 Å². The van der Waals surface area contributed by atoms with Crippen molar-refractivity contribution in [3.05, 3.63) is 88.0 Å². The second-order valence-corrected chi connectivity index (χ2v) is 6.17. The maximum absolute atomic E-state index is 3.44. The molecular weight excluding hydrogens is 369 g/mol. The normalized spacial score (nSPS) is 10.3. The van der Waals surface area contributed by atoms with Gasteiger partial charge in [-0.3, -0.25) is 0 Å². The highest BCUT2D eigenvalue weighted by Crippen LogP contribution is 2.20. The standard InChI is InChI=1S/C19H16IN/c20-18-10-12-19(13-11-18)21-14-15-6-8-17(9-7-15)16-4-2-1-3-5-16/h1-13,21H,14H2. The van der Waals surface area contributed by atoms with Crippen molar-refractivity contribution in [3.8, 4) is 11.1 Å². The van der Waals surface area contributed by atoms with Crippen molar-refractivity contribution < 1.29 is 0 Å². The van der Waals surface area contributed by atoms with Gasteiger partial charge >= 0.3 is 0 Å². The van der Waals surface area contributed by atoms with E-state index in [0.717, 1.165) is 12.2 Å². The summed E-state index contributed by atoms with van der Waals surface area (Å²) in [7, 11) is 0. The molecule has 0 aliphatic carbocycles. The molecule has 3 rings (SSSR count). The molecule has 3 aromatic rings. The highest BCUT2D eigenvalue weighted by molar-refractivity contribution is 14.1. The van der Waals surface area contributed by atoms with Crippen LogP contribution >= 0.6 is 22.6 Å². The van der Waals surface area contributed by atoms with Gasteiger partial charge in [0.15, 0.2) is 0 Å². The molecule has 0 unspecified atom stereocenters. The van der Waals surface area contributed by atoms with Crippen LogP contribution in [0.5, 0.6) is 0 Å². The molecule has 0 aromatic heterocycles. The Hall–Kier alpha value is -1.81. The fourth-order valence-corrected chi connectivity index (χ4v) is 2.58. The molecule has 21 heavy (non-hydrogen) atoms. The molecule has 0 heterocycles. The van der Waals surface area contributed by atoms with E-state index in [-0.39, 0.29) is 0 Å². The molecule has 0 saturated heterocycles. The van der Waals surface area contributed by atoms with Gasteiger partial charge in [-0.1, -0.05) is 54.6 Å². The summed E-state index contributed by atoms with van der Waals surface area (Å²) in [6.45, 7) is 0.843. The summed E-state index contributed by atoms with van der Waals surface area (Å²) in [5.74, 6) is 0. The average molecular weight is 385 g/mol. The van der Waals surface area contributed by atoms with Crippen LogP contribution in [0.4, 0.5) is 5.69 Å². The largest absolute Gasteiger partial charge is 0.381 e. The molecule has 2 heteroatoms. The molecule has 1 N–H and O–H groups in total. The third-order valence-electron chi connectivity index (χ3n) is 3.40. The van der Waals surface area contributed by atoms with Crippen LogP contribution in [0.2, 0.25) is 0 Å². The minimum absolute atomic E-state index is 0.843. The van der Waals surface area contributed by atoms with Gasteiger partial charge in [-0.15, -0.1) is 0 Å². The molecule has 0 atom stereocenters. The van der Waals surface area contributed by atoms with E-state index in [4.69, 9.17) is 0 Å². The van der Waals surface area contributed by atoms with Crippen molar-refractivity contribution in [2.24, 2.45) is 0 Å². The van der Waals surface area contributed by atoms with Crippen LogP contribution in [0, 0.1) is 3.57 Å². The molecule has 3 aromatic carbocycles. The fraction of sp³-hybridized carbons (Fsp3) is 0.0526. The molecule has 0 saturated carbocycles. The molecule has 1 nitrogen and oxygen atoms in total. The number of hydrogen-bond donors (Lipinski definition) is 1. The summed E-state index contributed by atoms with van der Waals surface area (Å²) in [4.78, 5) is 0. The predicted molar refractivity (Wildman–Crippen MR) is 98.4 cm³/mol. The van der Waals surface area contributed by atoms with Crippen LogP contribution in [0.15, 0.2) is 78.9 Å². The Morgan fingerprint density at radius 1 is 0.667 bits per heavy atom. The summed E-state index contributed by atoms with van der Waals surface area (Å²) >= 11 is 2.32. The van der Waals surface area contributed by atoms with E-state index < -0.39 is 0 Å². The molecular formula is C19H16IN. The lowest BCUT2D eigenvalue weighted by Crippen LogP contribution is -1.98. The Labute approximate surface area is 139 Å². The number of nitrogens with one attached hydrogen (secondary N) is 1. The Balaban J connectivity index is 1.66. The van der Waals surface area contributed by atoms with Crippen molar-refractivity contribution in [1.29, 1.82) is 0 Å². The van der Waals surface area contributed by atoms with Gasteiger partial charge in [0.1, 0.15) is 0 Å². The topological polar surface area (TPSA) is 12.0 Å². The first-order valence-electron chi connectivity index (χ1n) is 6.95. The third kappa shape index (κ3) is 3.85. The van der Waals surface area contributed by atoms with Gasteiger partial charge in [-0.2, -0.15) is 0 Å². The van der Waals surface area contributed by atoms with E-state index in [1.165, 1.54) is 20.3 Å². The molecule has 104 valence electrons. The van der Waals surface area contributed by atoms with E-state index in [2.05, 4.69) is 101 Å². The predicted octanol–water partition coefficient (Wildman–Crippen LogP) is 5.57. The second kappa shape index (κ2) is 6.76. The Bertz CT molecular complexity index is 688. The van der Waals surface area contributed by atoms with Gasteiger partial charge in [0.25, 0.3) is 0 Å². The molecule has 0 aliphatic rings. The minimum atomic E-state index is 0.843. The van der Waals surface area contributed by atoms with E-state index in [1.54, 1.807) is 0 Å². The summed E-state index contributed by atoms with van der Waals surface area (Å²) < 4.78 is 1.25. The second-order valence-electron chi connectivity index (χ2n) is 4.92. The lowest BCUT2D eigenvalue weighted by molar-refractivity contribution is 1.15. The average Bonchev–Trinajstić information content (AvgIpc) is 2.56.